The van der Waals surface area contributed by atoms with Crippen LogP contribution in [0.4, 0.5) is 11.4 Å². The molecule has 4 nitrogen and oxygen atoms in total. The van der Waals surface area contributed by atoms with Gasteiger partial charge >= 0.3 is 0 Å². The lowest BCUT2D eigenvalue weighted by atomic mass is 9.93. The average molecular weight is 396 g/mol. The molecule has 0 aliphatic carbocycles. The van der Waals surface area contributed by atoms with E-state index in [1.54, 1.807) is 0 Å². The van der Waals surface area contributed by atoms with Crippen LogP contribution in [0.3, 0.4) is 0 Å². The van der Waals surface area contributed by atoms with Crippen LogP contribution in [0.25, 0.3) is 12.2 Å². The van der Waals surface area contributed by atoms with Crippen LogP contribution in [-0.2, 0) is 11.3 Å². The fourth-order valence-corrected chi connectivity index (χ4v) is 3.76. The fraction of sp³-hybridized carbons (Fsp3) is 0.115. The summed E-state index contributed by atoms with van der Waals surface area (Å²) in [4.78, 5) is 15.6. The second-order valence-corrected chi connectivity index (χ2v) is 7.64. The number of benzene rings is 3. The summed E-state index contributed by atoms with van der Waals surface area (Å²) in [5.41, 5.74) is 17.8. The number of nitrogen functional groups attached to an aromatic ring is 2. The number of ketones is 1. The molecule has 0 amide bonds. The Morgan fingerprint density at radius 3 is 1.77 bits per heavy atom. The molecule has 0 saturated carbocycles. The monoisotopic (exact) mass is 395 g/mol. The molecule has 3 aromatic rings. The maximum absolute atomic E-state index is 13.3. The van der Waals surface area contributed by atoms with Crippen LogP contribution in [-0.4, -0.2) is 23.8 Å². The van der Waals surface area contributed by atoms with Crippen LogP contribution in [0.1, 0.15) is 16.7 Å². The van der Waals surface area contributed by atoms with E-state index in [0.29, 0.717) is 24.5 Å². The molecule has 0 aromatic heterocycles. The van der Waals surface area contributed by atoms with Crippen molar-refractivity contribution < 1.29 is 4.79 Å². The van der Waals surface area contributed by atoms with Crippen molar-refractivity contribution in [3.05, 3.63) is 107 Å². The van der Waals surface area contributed by atoms with Gasteiger partial charge < -0.3 is 11.5 Å². The second-order valence-electron chi connectivity index (χ2n) is 7.64. The van der Waals surface area contributed by atoms with Gasteiger partial charge in [-0.1, -0.05) is 54.6 Å². The molecule has 0 unspecified atom stereocenters. The van der Waals surface area contributed by atoms with Crippen molar-refractivity contribution in [3.63, 3.8) is 0 Å². The molecule has 1 heterocycles. The number of hydrogen-bond donors (Lipinski definition) is 2. The van der Waals surface area contributed by atoms with Gasteiger partial charge in [0.2, 0.25) is 0 Å². The van der Waals surface area contributed by atoms with E-state index in [0.717, 1.165) is 28.8 Å². The van der Waals surface area contributed by atoms with Crippen molar-refractivity contribution in [3.8, 4) is 0 Å². The number of nitrogens with zero attached hydrogens (tertiary/aromatic N) is 1. The van der Waals surface area contributed by atoms with Crippen LogP contribution in [0.5, 0.6) is 0 Å². The molecular weight excluding hydrogens is 370 g/mol. The molecule has 4 rings (SSSR count). The van der Waals surface area contributed by atoms with Crippen molar-refractivity contribution in [2.24, 2.45) is 0 Å². The highest BCUT2D eigenvalue weighted by atomic mass is 16.1. The zero-order chi connectivity index (χ0) is 20.9. The van der Waals surface area contributed by atoms with Gasteiger partial charge in [0, 0.05) is 42.2 Å². The van der Waals surface area contributed by atoms with E-state index in [4.69, 9.17) is 11.5 Å². The molecule has 1 fully saturated rings. The quantitative estimate of drug-likeness (QED) is 0.507. The van der Waals surface area contributed by atoms with Gasteiger partial charge in [0.05, 0.1) is 0 Å². The average Bonchev–Trinajstić information content (AvgIpc) is 2.72. The van der Waals surface area contributed by atoms with E-state index >= 15 is 0 Å². The molecule has 0 bridgehead atoms. The Kier molecular flexibility index (Phi) is 5.77. The molecule has 4 heteroatoms. The summed E-state index contributed by atoms with van der Waals surface area (Å²) in [6.45, 7) is 1.96. The summed E-state index contributed by atoms with van der Waals surface area (Å²) in [5, 5.41) is 0. The van der Waals surface area contributed by atoms with E-state index in [1.165, 1.54) is 5.56 Å². The van der Waals surface area contributed by atoms with Gasteiger partial charge in [-0.05, 0) is 53.1 Å². The molecule has 0 radical (unpaired) electrons. The molecule has 3 aromatic carbocycles. The minimum Gasteiger partial charge on any atom is -0.399 e. The Morgan fingerprint density at radius 2 is 1.27 bits per heavy atom. The molecular formula is C26H25N3O. The number of rotatable bonds is 4. The van der Waals surface area contributed by atoms with Gasteiger partial charge in [0.1, 0.15) is 0 Å². The predicted molar refractivity (Wildman–Crippen MR) is 124 cm³/mol. The Bertz CT molecular complexity index is 1050. The minimum atomic E-state index is 0.0733. The number of carbonyl (C=O) groups excluding carboxylic acids is 1. The number of anilines is 2. The van der Waals surface area contributed by atoms with Gasteiger partial charge in [-0.25, -0.2) is 0 Å². The number of piperidine rings is 1. The van der Waals surface area contributed by atoms with Gasteiger partial charge in [-0.3, -0.25) is 9.69 Å². The van der Waals surface area contributed by atoms with E-state index in [1.807, 2.05) is 78.9 Å². The van der Waals surface area contributed by atoms with E-state index in [2.05, 4.69) is 17.0 Å². The molecule has 0 atom stereocenters. The topological polar surface area (TPSA) is 72.3 Å². The van der Waals surface area contributed by atoms with Crippen LogP contribution in [0, 0.1) is 0 Å². The highest BCUT2D eigenvalue weighted by molar-refractivity contribution is 6.14. The van der Waals surface area contributed by atoms with Crippen molar-refractivity contribution in [1.82, 2.24) is 4.90 Å². The molecule has 1 aliphatic heterocycles. The molecule has 1 aliphatic rings. The van der Waals surface area contributed by atoms with Crippen molar-refractivity contribution in [2.75, 3.05) is 24.6 Å². The zero-order valence-corrected chi connectivity index (χ0v) is 16.8. The lowest BCUT2D eigenvalue weighted by Crippen LogP contribution is -2.37. The summed E-state index contributed by atoms with van der Waals surface area (Å²) in [5.74, 6) is 0.0733. The fourth-order valence-electron chi connectivity index (χ4n) is 3.76. The Morgan fingerprint density at radius 1 is 0.733 bits per heavy atom. The van der Waals surface area contributed by atoms with Gasteiger partial charge in [-0.2, -0.15) is 0 Å². The molecule has 1 saturated heterocycles. The van der Waals surface area contributed by atoms with Crippen LogP contribution in [0.15, 0.2) is 90.0 Å². The third-order valence-corrected chi connectivity index (χ3v) is 5.12. The predicted octanol–water partition coefficient (Wildman–Crippen LogP) is 4.40. The van der Waals surface area contributed by atoms with Crippen molar-refractivity contribution in [2.45, 2.75) is 6.54 Å². The first kappa shape index (κ1) is 19.7. The number of likely N-dealkylation sites (tertiary alicyclic amines) is 1. The molecule has 30 heavy (non-hydrogen) atoms. The van der Waals surface area contributed by atoms with Crippen LogP contribution < -0.4 is 11.5 Å². The first-order chi connectivity index (χ1) is 14.6. The van der Waals surface area contributed by atoms with E-state index < -0.39 is 0 Å². The molecule has 150 valence electrons. The largest absolute Gasteiger partial charge is 0.399 e. The van der Waals surface area contributed by atoms with Gasteiger partial charge in [-0.15, -0.1) is 0 Å². The second kappa shape index (κ2) is 8.80. The van der Waals surface area contributed by atoms with Crippen LogP contribution >= 0.6 is 0 Å². The van der Waals surface area contributed by atoms with Crippen LogP contribution in [0.2, 0.25) is 0 Å². The third-order valence-electron chi connectivity index (χ3n) is 5.12. The summed E-state index contributed by atoms with van der Waals surface area (Å²) in [7, 11) is 0. The van der Waals surface area contributed by atoms with Crippen molar-refractivity contribution >= 4 is 29.3 Å². The number of nitrogens with two attached hydrogens (primary N) is 2. The molecule has 4 N–H and O–H groups in total. The number of Topliss-reactive ketones (excluding diaryl/α,β-unsaturated/α-hetero) is 1. The normalized spacial score (nSPS) is 17.5. The van der Waals surface area contributed by atoms with Gasteiger partial charge in [0.15, 0.2) is 5.78 Å². The third kappa shape index (κ3) is 4.85. The Hall–Kier alpha value is -3.63. The standard InChI is InChI=1S/C26H25N3O/c27-24-10-4-8-20(14-24)12-22-17-29(16-19-6-2-1-3-7-19)18-23(26(22)30)13-21-9-5-11-25(28)15-21/h1-15H,16-18,27-28H2/b22-12+,23-13+. The lowest BCUT2D eigenvalue weighted by molar-refractivity contribution is -0.113. The first-order valence-corrected chi connectivity index (χ1v) is 10.00. The van der Waals surface area contributed by atoms with E-state index in [9.17, 15) is 4.79 Å². The zero-order valence-electron chi connectivity index (χ0n) is 16.8. The number of carbonyl (C=O) groups is 1. The molecule has 0 spiro atoms. The van der Waals surface area contributed by atoms with Crippen molar-refractivity contribution in [1.29, 1.82) is 0 Å². The summed E-state index contributed by atoms with van der Waals surface area (Å²) in [6.07, 6.45) is 3.89. The number of hydrogen-bond acceptors (Lipinski definition) is 4. The van der Waals surface area contributed by atoms with E-state index in [-0.39, 0.29) is 5.78 Å². The summed E-state index contributed by atoms with van der Waals surface area (Å²) < 4.78 is 0. The van der Waals surface area contributed by atoms with Gasteiger partial charge in [0.25, 0.3) is 0 Å². The smallest absolute Gasteiger partial charge is 0.187 e. The maximum Gasteiger partial charge on any atom is 0.187 e. The summed E-state index contributed by atoms with van der Waals surface area (Å²) >= 11 is 0. The lowest BCUT2D eigenvalue weighted by Gasteiger charge is -2.30. The Labute approximate surface area is 177 Å². The Balaban J connectivity index is 1.69. The first-order valence-electron chi connectivity index (χ1n) is 10.00. The SMILES string of the molecule is Nc1cccc(/C=C2\CN(Cc3ccccc3)C/C(=C\c3cccc(N)c3)C2=O)c1. The highest BCUT2D eigenvalue weighted by Crippen LogP contribution is 2.24. The summed E-state index contributed by atoms with van der Waals surface area (Å²) in [6, 6.07) is 25.5. The highest BCUT2D eigenvalue weighted by Gasteiger charge is 2.26. The maximum atomic E-state index is 13.3. The minimum absolute atomic E-state index is 0.0733.